The molecule has 3 aromatic heterocycles. The normalized spacial score (nSPS) is 21.1. The molecule has 168 valence electrons. The van der Waals surface area contributed by atoms with Gasteiger partial charge in [-0.25, -0.2) is 4.98 Å². The Morgan fingerprint density at radius 1 is 1.15 bits per heavy atom. The lowest BCUT2D eigenvalue weighted by Gasteiger charge is -2.56. The van der Waals surface area contributed by atoms with Crippen molar-refractivity contribution in [3.63, 3.8) is 0 Å². The van der Waals surface area contributed by atoms with Gasteiger partial charge in [0.2, 0.25) is 5.88 Å². The number of likely N-dealkylation sites (tertiary alicyclic amines) is 1. The lowest BCUT2D eigenvalue weighted by Crippen LogP contribution is -2.72. The SMILES string of the molecule is CCN1CC2(C1)c1[nH]c3c(c1C(=O)NC21CC1)CCc1cnc(-c2ccc(OC)nc2)cc1-3. The molecule has 0 radical (unpaired) electrons. The van der Waals surface area contributed by atoms with E-state index in [2.05, 4.69) is 33.2 Å². The van der Waals surface area contributed by atoms with Gasteiger partial charge in [-0.15, -0.1) is 0 Å². The second-order valence-electron chi connectivity index (χ2n) is 9.97. The summed E-state index contributed by atoms with van der Waals surface area (Å²) in [4.78, 5) is 28.7. The van der Waals surface area contributed by atoms with Gasteiger partial charge in [0.1, 0.15) is 0 Å². The maximum absolute atomic E-state index is 13.3. The molecule has 1 saturated heterocycles. The summed E-state index contributed by atoms with van der Waals surface area (Å²) in [5, 5.41) is 3.45. The molecule has 1 amide bonds. The van der Waals surface area contributed by atoms with E-state index in [0.29, 0.717) is 5.88 Å². The number of carbonyl (C=O) groups is 1. The van der Waals surface area contributed by atoms with E-state index >= 15 is 0 Å². The van der Waals surface area contributed by atoms with Crippen molar-refractivity contribution in [2.24, 2.45) is 0 Å². The van der Waals surface area contributed by atoms with E-state index in [0.717, 1.165) is 73.4 Å². The molecule has 0 unspecified atom stereocenters. The zero-order valence-corrected chi connectivity index (χ0v) is 19.0. The number of nitrogens with zero attached hydrogens (tertiary/aromatic N) is 3. The summed E-state index contributed by atoms with van der Waals surface area (Å²) in [6, 6.07) is 5.99. The Morgan fingerprint density at radius 3 is 2.70 bits per heavy atom. The van der Waals surface area contributed by atoms with Crippen molar-refractivity contribution >= 4 is 5.91 Å². The van der Waals surface area contributed by atoms with Gasteiger partial charge in [-0.2, -0.15) is 0 Å². The smallest absolute Gasteiger partial charge is 0.253 e. The number of methoxy groups -OCH3 is 1. The van der Waals surface area contributed by atoms with Gasteiger partial charge in [-0.1, -0.05) is 6.92 Å². The number of aromatic nitrogens is 3. The summed E-state index contributed by atoms with van der Waals surface area (Å²) in [5.74, 6) is 0.695. The quantitative estimate of drug-likeness (QED) is 0.653. The second kappa shape index (κ2) is 6.44. The average molecular weight is 442 g/mol. The first-order chi connectivity index (χ1) is 16.1. The first-order valence-electron chi connectivity index (χ1n) is 11.9. The number of aromatic amines is 1. The fourth-order valence-electron chi connectivity index (χ4n) is 6.38. The number of hydrogen-bond acceptors (Lipinski definition) is 5. The molecule has 5 heterocycles. The molecule has 3 aromatic rings. The number of likely N-dealkylation sites (N-methyl/N-ethyl adjacent to an activating group) is 1. The van der Waals surface area contributed by atoms with E-state index in [1.807, 2.05) is 18.3 Å². The molecule has 2 aliphatic heterocycles. The van der Waals surface area contributed by atoms with Crippen molar-refractivity contribution < 1.29 is 9.53 Å². The third-order valence-corrected chi connectivity index (χ3v) is 8.40. The summed E-state index contributed by atoms with van der Waals surface area (Å²) >= 11 is 0. The van der Waals surface area contributed by atoms with Crippen molar-refractivity contribution in [1.82, 2.24) is 25.2 Å². The molecule has 33 heavy (non-hydrogen) atoms. The zero-order chi connectivity index (χ0) is 22.4. The number of aryl methyl sites for hydroxylation is 1. The molecule has 0 aromatic carbocycles. The van der Waals surface area contributed by atoms with Crippen LogP contribution < -0.4 is 10.1 Å². The minimum absolute atomic E-state index is 0.0134. The first-order valence-corrected chi connectivity index (χ1v) is 11.9. The van der Waals surface area contributed by atoms with Crippen LogP contribution in [0.2, 0.25) is 0 Å². The van der Waals surface area contributed by atoms with Gasteiger partial charge in [0.15, 0.2) is 0 Å². The maximum Gasteiger partial charge on any atom is 0.253 e. The van der Waals surface area contributed by atoms with Crippen molar-refractivity contribution in [2.45, 2.75) is 43.6 Å². The number of rotatable bonds is 3. The third kappa shape index (κ3) is 2.46. The molecule has 2 spiro atoms. The Labute approximate surface area is 192 Å². The predicted octanol–water partition coefficient (Wildman–Crippen LogP) is 3.10. The van der Waals surface area contributed by atoms with Crippen molar-refractivity contribution in [3.05, 3.63) is 53.0 Å². The van der Waals surface area contributed by atoms with E-state index in [1.165, 1.54) is 16.8 Å². The van der Waals surface area contributed by atoms with Crippen molar-refractivity contribution in [2.75, 3.05) is 26.7 Å². The van der Waals surface area contributed by atoms with Gasteiger partial charge >= 0.3 is 0 Å². The highest BCUT2D eigenvalue weighted by Gasteiger charge is 2.69. The number of nitrogens with one attached hydrogen (secondary N) is 2. The Morgan fingerprint density at radius 2 is 2.00 bits per heavy atom. The van der Waals surface area contributed by atoms with Crippen molar-refractivity contribution in [3.8, 4) is 28.4 Å². The van der Waals surface area contributed by atoms with E-state index in [1.54, 1.807) is 13.3 Å². The van der Waals surface area contributed by atoms with Crippen LogP contribution in [0.4, 0.5) is 0 Å². The van der Waals surface area contributed by atoms with Crippen LogP contribution in [0.1, 0.15) is 46.9 Å². The zero-order valence-electron chi connectivity index (χ0n) is 19.0. The number of fused-ring (bicyclic) bond motifs is 7. The second-order valence-corrected chi connectivity index (χ2v) is 9.97. The molecule has 2 fully saturated rings. The Balaban J connectivity index is 1.36. The minimum atomic E-state index is -0.0583. The van der Waals surface area contributed by atoms with E-state index in [4.69, 9.17) is 9.72 Å². The number of carbonyl (C=O) groups excluding carboxylic acids is 1. The summed E-state index contributed by atoms with van der Waals surface area (Å²) in [7, 11) is 1.62. The lowest BCUT2D eigenvalue weighted by atomic mass is 9.65. The topological polar surface area (TPSA) is 83.1 Å². The monoisotopic (exact) mass is 441 g/mol. The molecular weight excluding hydrogens is 414 g/mol. The van der Waals surface area contributed by atoms with E-state index in [9.17, 15) is 4.79 Å². The predicted molar refractivity (Wildman–Crippen MR) is 124 cm³/mol. The molecule has 2 N–H and O–H groups in total. The molecule has 2 aliphatic carbocycles. The van der Waals surface area contributed by atoms with Gasteiger partial charge in [0.05, 0.1) is 35.0 Å². The van der Waals surface area contributed by atoms with Gasteiger partial charge in [-0.3, -0.25) is 9.78 Å². The van der Waals surface area contributed by atoms with Gasteiger partial charge in [0.25, 0.3) is 5.91 Å². The highest BCUT2D eigenvalue weighted by molar-refractivity contribution is 6.02. The number of H-pyrrole nitrogens is 1. The summed E-state index contributed by atoms with van der Waals surface area (Å²) in [5.41, 5.74) is 8.53. The molecular formula is C26H27N5O2. The summed E-state index contributed by atoms with van der Waals surface area (Å²) < 4.78 is 5.19. The summed E-state index contributed by atoms with van der Waals surface area (Å²) in [6.45, 7) is 5.30. The van der Waals surface area contributed by atoms with Gasteiger partial charge in [0, 0.05) is 48.4 Å². The number of pyridine rings is 2. The van der Waals surface area contributed by atoms with Crippen LogP contribution in [-0.4, -0.2) is 58.0 Å². The first kappa shape index (κ1) is 19.3. The number of ether oxygens (including phenoxy) is 1. The Bertz CT molecular complexity index is 1300. The minimum Gasteiger partial charge on any atom is -0.481 e. The molecule has 4 aliphatic rings. The van der Waals surface area contributed by atoms with Crippen LogP contribution in [0.5, 0.6) is 5.88 Å². The molecule has 7 heteroatoms. The van der Waals surface area contributed by atoms with Crippen LogP contribution in [0.15, 0.2) is 30.6 Å². The Kier molecular flexibility index (Phi) is 3.77. The molecule has 7 rings (SSSR count). The fraction of sp³-hybridized carbons (Fsp3) is 0.423. The van der Waals surface area contributed by atoms with Crippen molar-refractivity contribution in [1.29, 1.82) is 0 Å². The molecule has 0 atom stereocenters. The maximum atomic E-state index is 13.3. The van der Waals surface area contributed by atoms with E-state index in [-0.39, 0.29) is 16.9 Å². The standard InChI is InChI=1S/C26H27N5O2/c1-3-31-13-25(14-31)23-21(24(32)30-26(25)8-9-26)17-6-4-15-11-27-19(10-18(15)22(17)29-23)16-5-7-20(33-2)28-12-16/h5,7,10-12,29H,3-4,6,8-9,13-14H2,1-2H3,(H,30,32). The van der Waals surface area contributed by atoms with E-state index < -0.39 is 0 Å². The molecule has 0 bridgehead atoms. The third-order valence-electron chi connectivity index (χ3n) is 8.40. The molecule has 7 nitrogen and oxygen atoms in total. The Hall–Kier alpha value is -3.19. The van der Waals surface area contributed by atoms with Crippen LogP contribution >= 0.6 is 0 Å². The van der Waals surface area contributed by atoms with Crippen LogP contribution in [0.25, 0.3) is 22.5 Å². The van der Waals surface area contributed by atoms with Crippen LogP contribution in [0, 0.1) is 0 Å². The van der Waals surface area contributed by atoms with Gasteiger partial charge < -0.3 is 19.9 Å². The highest BCUT2D eigenvalue weighted by atomic mass is 16.5. The molecule has 1 saturated carbocycles. The average Bonchev–Trinajstić information content (AvgIpc) is 3.46. The highest BCUT2D eigenvalue weighted by Crippen LogP contribution is 2.59. The van der Waals surface area contributed by atoms with Crippen LogP contribution in [-0.2, 0) is 18.3 Å². The number of amides is 1. The lowest BCUT2D eigenvalue weighted by molar-refractivity contribution is 0.0199. The fourth-order valence-corrected chi connectivity index (χ4v) is 6.38. The summed E-state index contributed by atoms with van der Waals surface area (Å²) in [6.07, 6.45) is 7.70. The number of hydrogen-bond donors (Lipinski definition) is 2. The van der Waals surface area contributed by atoms with Gasteiger partial charge in [-0.05, 0) is 55.5 Å². The van der Waals surface area contributed by atoms with Crippen LogP contribution in [0.3, 0.4) is 0 Å². The largest absolute Gasteiger partial charge is 0.481 e.